The zero-order chi connectivity index (χ0) is 18.6. The minimum absolute atomic E-state index is 0.0000652. The van der Waals surface area contributed by atoms with E-state index in [9.17, 15) is 4.79 Å². The fourth-order valence-electron chi connectivity index (χ4n) is 2.63. The van der Waals surface area contributed by atoms with Gasteiger partial charge >= 0.3 is 0 Å². The summed E-state index contributed by atoms with van der Waals surface area (Å²) in [6.45, 7) is 6.58. The molecule has 6 nitrogen and oxygen atoms in total. The first kappa shape index (κ1) is 17.8. The smallest absolute Gasteiger partial charge is 0.224 e. The van der Waals surface area contributed by atoms with Crippen molar-refractivity contribution < 1.29 is 4.79 Å². The van der Waals surface area contributed by atoms with Crippen molar-refractivity contribution in [3.8, 4) is 5.69 Å². The third kappa shape index (κ3) is 4.53. The van der Waals surface area contributed by atoms with Crippen LogP contribution in [0, 0.1) is 0 Å². The number of anilines is 1. The number of nitrogens with zero attached hydrogens (tertiary/aromatic N) is 4. The number of hydrogen-bond donors (Lipinski definition) is 1. The molecule has 0 radical (unpaired) electrons. The van der Waals surface area contributed by atoms with Gasteiger partial charge in [-0.25, -0.2) is 4.68 Å². The first-order valence-corrected chi connectivity index (χ1v) is 8.64. The van der Waals surface area contributed by atoms with Gasteiger partial charge in [0.25, 0.3) is 0 Å². The summed E-state index contributed by atoms with van der Waals surface area (Å²) in [5, 5.41) is 14.0. The van der Waals surface area contributed by atoms with Gasteiger partial charge in [0, 0.05) is 12.1 Å². The lowest BCUT2D eigenvalue weighted by Gasteiger charge is -2.19. The van der Waals surface area contributed by atoms with Crippen molar-refractivity contribution in [3.63, 3.8) is 0 Å². The number of rotatable bonds is 5. The number of benzene rings is 2. The number of carbonyl (C=O) groups excluding carboxylic acids is 1. The van der Waals surface area contributed by atoms with Crippen molar-refractivity contribution >= 4 is 11.6 Å². The highest BCUT2D eigenvalue weighted by Gasteiger charge is 2.13. The van der Waals surface area contributed by atoms with Gasteiger partial charge in [0.15, 0.2) is 0 Å². The highest BCUT2D eigenvalue weighted by atomic mass is 16.1. The average molecular weight is 349 g/mol. The topological polar surface area (TPSA) is 72.7 Å². The monoisotopic (exact) mass is 349 g/mol. The molecule has 0 aliphatic heterocycles. The van der Waals surface area contributed by atoms with Gasteiger partial charge in [0.1, 0.15) is 6.33 Å². The first-order chi connectivity index (χ1) is 12.4. The Morgan fingerprint density at radius 1 is 1.04 bits per heavy atom. The number of amides is 1. The van der Waals surface area contributed by atoms with Crippen LogP contribution in [0.15, 0.2) is 54.9 Å². The summed E-state index contributed by atoms with van der Waals surface area (Å²) < 4.78 is 1.56. The Balaban J connectivity index is 1.52. The molecule has 0 aliphatic rings. The van der Waals surface area contributed by atoms with Gasteiger partial charge in [-0.1, -0.05) is 45.0 Å². The molecule has 0 unspecified atom stereocenters. The molecule has 0 saturated carbocycles. The van der Waals surface area contributed by atoms with E-state index in [0.717, 1.165) is 17.8 Å². The van der Waals surface area contributed by atoms with Crippen molar-refractivity contribution in [1.29, 1.82) is 0 Å². The van der Waals surface area contributed by atoms with Gasteiger partial charge in [-0.3, -0.25) is 4.79 Å². The van der Waals surface area contributed by atoms with Crippen molar-refractivity contribution in [1.82, 2.24) is 20.2 Å². The van der Waals surface area contributed by atoms with Crippen LogP contribution in [-0.2, 0) is 16.6 Å². The van der Waals surface area contributed by atoms with Crippen LogP contribution in [0.2, 0.25) is 0 Å². The SMILES string of the molecule is CC(C)(C)c1ccc(CCC(=O)Nc2ccc(-n3cnnn3)cc2)cc1. The van der Waals surface area contributed by atoms with Gasteiger partial charge in [0.05, 0.1) is 5.69 Å². The first-order valence-electron chi connectivity index (χ1n) is 8.64. The van der Waals surface area contributed by atoms with Crippen molar-refractivity contribution in [2.75, 3.05) is 5.32 Å². The molecule has 1 N–H and O–H groups in total. The Hall–Kier alpha value is -3.02. The third-order valence-corrected chi connectivity index (χ3v) is 4.23. The number of carbonyl (C=O) groups is 1. The lowest BCUT2D eigenvalue weighted by Crippen LogP contribution is -2.13. The van der Waals surface area contributed by atoms with Gasteiger partial charge < -0.3 is 5.32 Å². The summed E-state index contributed by atoms with van der Waals surface area (Å²) in [7, 11) is 0. The predicted molar refractivity (Wildman–Crippen MR) is 101 cm³/mol. The van der Waals surface area contributed by atoms with Crippen LogP contribution in [0.1, 0.15) is 38.3 Å². The molecule has 2 aromatic carbocycles. The molecular formula is C20H23N5O. The maximum absolute atomic E-state index is 12.2. The second-order valence-corrected chi connectivity index (χ2v) is 7.30. The maximum atomic E-state index is 12.2. The van der Waals surface area contributed by atoms with Crippen molar-refractivity contribution in [3.05, 3.63) is 66.0 Å². The summed E-state index contributed by atoms with van der Waals surface area (Å²) >= 11 is 0. The van der Waals surface area contributed by atoms with Crippen LogP contribution >= 0.6 is 0 Å². The summed E-state index contributed by atoms with van der Waals surface area (Å²) in [6, 6.07) is 15.9. The van der Waals surface area contributed by atoms with E-state index >= 15 is 0 Å². The molecule has 0 bridgehead atoms. The molecule has 1 heterocycles. The molecule has 0 spiro atoms. The van der Waals surface area contributed by atoms with Gasteiger partial charge in [-0.15, -0.1) is 5.10 Å². The summed E-state index contributed by atoms with van der Waals surface area (Å²) in [4.78, 5) is 12.2. The second kappa shape index (κ2) is 7.47. The molecule has 1 amide bonds. The molecule has 3 aromatic rings. The number of aromatic nitrogens is 4. The largest absolute Gasteiger partial charge is 0.326 e. The fourth-order valence-corrected chi connectivity index (χ4v) is 2.63. The van der Waals surface area contributed by atoms with Crippen LogP contribution < -0.4 is 5.32 Å². The standard InChI is InChI=1S/C20H23N5O/c1-20(2,3)16-7-4-15(5-8-16)6-13-19(26)22-17-9-11-18(12-10-17)25-14-21-23-24-25/h4-5,7-12,14H,6,13H2,1-3H3,(H,22,26). The number of hydrogen-bond acceptors (Lipinski definition) is 4. The van der Waals surface area contributed by atoms with Crippen molar-refractivity contribution in [2.45, 2.75) is 39.0 Å². The predicted octanol–water partition coefficient (Wildman–Crippen LogP) is 3.53. The third-order valence-electron chi connectivity index (χ3n) is 4.23. The zero-order valence-electron chi connectivity index (χ0n) is 15.3. The molecule has 3 rings (SSSR count). The molecule has 1 aromatic heterocycles. The summed E-state index contributed by atoms with van der Waals surface area (Å²) in [5.41, 5.74) is 4.21. The van der Waals surface area contributed by atoms with Crippen LogP contribution in [0.4, 0.5) is 5.69 Å². The molecule has 0 saturated heterocycles. The van der Waals surface area contributed by atoms with Crippen LogP contribution in [0.25, 0.3) is 5.69 Å². The van der Waals surface area contributed by atoms with E-state index in [0.29, 0.717) is 6.42 Å². The van der Waals surface area contributed by atoms with E-state index in [-0.39, 0.29) is 11.3 Å². The zero-order valence-corrected chi connectivity index (χ0v) is 15.3. The fraction of sp³-hybridized carbons (Fsp3) is 0.300. The Kier molecular flexibility index (Phi) is 5.11. The second-order valence-electron chi connectivity index (χ2n) is 7.30. The van der Waals surface area contributed by atoms with Crippen LogP contribution in [-0.4, -0.2) is 26.1 Å². The van der Waals surface area contributed by atoms with E-state index in [1.807, 2.05) is 24.3 Å². The van der Waals surface area contributed by atoms with Crippen LogP contribution in [0.5, 0.6) is 0 Å². The van der Waals surface area contributed by atoms with Gasteiger partial charge in [-0.05, 0) is 57.7 Å². The highest BCUT2D eigenvalue weighted by Crippen LogP contribution is 2.22. The molecule has 0 atom stereocenters. The number of nitrogens with one attached hydrogen (secondary N) is 1. The average Bonchev–Trinajstić information content (AvgIpc) is 3.15. The van der Waals surface area contributed by atoms with E-state index < -0.39 is 0 Å². The molecule has 0 fully saturated rings. The molecule has 134 valence electrons. The molecular weight excluding hydrogens is 326 g/mol. The number of aryl methyl sites for hydroxylation is 1. The van der Waals surface area contributed by atoms with Gasteiger partial charge in [-0.2, -0.15) is 0 Å². The summed E-state index contributed by atoms with van der Waals surface area (Å²) in [5.74, 6) is 0.0000652. The normalized spacial score (nSPS) is 11.3. The Morgan fingerprint density at radius 2 is 1.73 bits per heavy atom. The van der Waals surface area contributed by atoms with Gasteiger partial charge in [0.2, 0.25) is 5.91 Å². The lowest BCUT2D eigenvalue weighted by atomic mass is 9.86. The number of tetrazole rings is 1. The Labute approximate surface area is 153 Å². The molecule has 26 heavy (non-hydrogen) atoms. The maximum Gasteiger partial charge on any atom is 0.224 e. The van der Waals surface area contributed by atoms with E-state index in [4.69, 9.17) is 0 Å². The molecule has 0 aliphatic carbocycles. The minimum Gasteiger partial charge on any atom is -0.326 e. The lowest BCUT2D eigenvalue weighted by molar-refractivity contribution is -0.116. The molecule has 6 heteroatoms. The Morgan fingerprint density at radius 3 is 2.31 bits per heavy atom. The minimum atomic E-state index is 0.0000652. The van der Waals surface area contributed by atoms with E-state index in [1.165, 1.54) is 17.5 Å². The Bertz CT molecular complexity index is 847. The van der Waals surface area contributed by atoms with Crippen LogP contribution in [0.3, 0.4) is 0 Å². The summed E-state index contributed by atoms with van der Waals surface area (Å²) in [6.07, 6.45) is 2.70. The quantitative estimate of drug-likeness (QED) is 0.765. The van der Waals surface area contributed by atoms with E-state index in [2.05, 4.69) is 65.9 Å². The van der Waals surface area contributed by atoms with E-state index in [1.54, 1.807) is 4.68 Å². The highest BCUT2D eigenvalue weighted by molar-refractivity contribution is 5.90. The van der Waals surface area contributed by atoms with Crippen molar-refractivity contribution in [2.24, 2.45) is 0 Å².